The van der Waals surface area contributed by atoms with Gasteiger partial charge in [0.2, 0.25) is 0 Å². The number of nitrogens with zero attached hydrogens (tertiary/aromatic N) is 6. The van der Waals surface area contributed by atoms with Crippen molar-refractivity contribution >= 4 is 49.3 Å². The Hall–Kier alpha value is -8.11. The third-order valence-electron chi connectivity index (χ3n) is 10.2. The number of fused-ring (bicyclic) bond motifs is 6. The van der Waals surface area contributed by atoms with Crippen LogP contribution in [0.3, 0.4) is 0 Å². The first kappa shape index (κ1) is 33.7. The van der Waals surface area contributed by atoms with Crippen LogP contribution in [-0.2, 0) is 6.18 Å². The molecule has 0 N–H and O–H groups in total. The summed E-state index contributed by atoms with van der Waals surface area (Å²) in [5, 5.41) is 32.8. The van der Waals surface area contributed by atoms with Crippen LogP contribution in [0.25, 0.3) is 82.1 Å². The van der Waals surface area contributed by atoms with Crippen molar-refractivity contribution in [3.8, 4) is 51.8 Å². The highest BCUT2D eigenvalue weighted by Crippen LogP contribution is 2.45. The minimum atomic E-state index is -4.74. The van der Waals surface area contributed by atoms with Crippen molar-refractivity contribution in [2.75, 3.05) is 0 Å². The second-order valence-corrected chi connectivity index (χ2v) is 13.3. The number of alkyl halides is 3. The van der Waals surface area contributed by atoms with E-state index in [-0.39, 0.29) is 16.7 Å². The van der Waals surface area contributed by atoms with Gasteiger partial charge in [-0.15, -0.1) is 0 Å². The topological polar surface area (TPSA) is 85.6 Å². The lowest BCUT2D eigenvalue weighted by molar-refractivity contribution is -0.137. The van der Waals surface area contributed by atoms with Crippen molar-refractivity contribution in [1.82, 2.24) is 9.13 Å². The summed E-state index contributed by atoms with van der Waals surface area (Å²) in [6, 6.07) is 46.8. The van der Waals surface area contributed by atoms with Gasteiger partial charge in [0.25, 0.3) is 0 Å². The SMILES string of the molecule is [C-]#[N+]c1ccc2c(c1)c1ccccc1n2-c1cc(-c2ccc(C#N)cc2C(F)(F)F)ccc1-c1ccc(C#N)cc1-n1c2ccccc2c2cc(C#N)ccc21. The van der Waals surface area contributed by atoms with E-state index in [1.54, 1.807) is 42.5 Å². The van der Waals surface area contributed by atoms with Gasteiger partial charge in [0.05, 0.1) is 80.5 Å². The average Bonchev–Trinajstić information content (AvgIpc) is 3.74. The lowest BCUT2D eigenvalue weighted by Gasteiger charge is -2.21. The molecular formula is C47H23F3N6. The van der Waals surface area contributed by atoms with E-state index in [1.807, 2.05) is 89.5 Å². The predicted octanol–water partition coefficient (Wildman–Crippen LogP) is 12.4. The summed E-state index contributed by atoms with van der Waals surface area (Å²) in [5.41, 5.74) is 6.21. The Bertz CT molecular complexity index is 3300. The fourth-order valence-electron chi connectivity index (χ4n) is 7.82. The molecule has 0 fully saturated rings. The molecule has 9 rings (SSSR count). The number of hydrogen-bond acceptors (Lipinski definition) is 3. The number of aromatic nitrogens is 2. The summed E-state index contributed by atoms with van der Waals surface area (Å²) in [6.07, 6.45) is -4.74. The molecule has 56 heavy (non-hydrogen) atoms. The van der Waals surface area contributed by atoms with Crippen LogP contribution in [0.4, 0.5) is 18.9 Å². The Balaban J connectivity index is 1.42. The lowest BCUT2D eigenvalue weighted by Crippen LogP contribution is -2.08. The number of nitriles is 3. The fraction of sp³-hybridized carbons (Fsp3) is 0.0213. The summed E-state index contributed by atoms with van der Waals surface area (Å²) in [6.45, 7) is 7.69. The predicted molar refractivity (Wildman–Crippen MR) is 211 cm³/mol. The van der Waals surface area contributed by atoms with Crippen molar-refractivity contribution in [3.63, 3.8) is 0 Å². The first-order chi connectivity index (χ1) is 27.2. The molecule has 0 aliphatic rings. The van der Waals surface area contributed by atoms with Crippen LogP contribution in [0.1, 0.15) is 22.3 Å². The first-order valence-electron chi connectivity index (χ1n) is 17.4. The van der Waals surface area contributed by atoms with Crippen LogP contribution in [0.2, 0.25) is 0 Å². The highest BCUT2D eigenvalue weighted by atomic mass is 19.4. The maximum Gasteiger partial charge on any atom is 0.417 e. The molecule has 9 heteroatoms. The summed E-state index contributed by atoms with van der Waals surface area (Å²) in [5.74, 6) is 0. The van der Waals surface area contributed by atoms with Crippen molar-refractivity contribution in [2.24, 2.45) is 0 Å². The summed E-state index contributed by atoms with van der Waals surface area (Å²) in [4.78, 5) is 3.66. The molecule has 6 nitrogen and oxygen atoms in total. The van der Waals surface area contributed by atoms with Gasteiger partial charge in [0.15, 0.2) is 5.69 Å². The maximum absolute atomic E-state index is 14.7. The van der Waals surface area contributed by atoms with Gasteiger partial charge in [-0.3, -0.25) is 0 Å². The van der Waals surface area contributed by atoms with Gasteiger partial charge >= 0.3 is 6.18 Å². The highest BCUT2D eigenvalue weighted by Gasteiger charge is 2.34. The molecule has 262 valence electrons. The fourth-order valence-corrected chi connectivity index (χ4v) is 7.82. The highest BCUT2D eigenvalue weighted by molar-refractivity contribution is 6.12. The lowest BCUT2D eigenvalue weighted by atomic mass is 9.93. The summed E-state index contributed by atoms with van der Waals surface area (Å²) in [7, 11) is 0. The molecule has 0 bridgehead atoms. The maximum atomic E-state index is 14.7. The molecule has 0 aliphatic carbocycles. The van der Waals surface area contributed by atoms with Gasteiger partial charge < -0.3 is 9.13 Å². The Kier molecular flexibility index (Phi) is 7.69. The van der Waals surface area contributed by atoms with E-state index in [1.165, 1.54) is 12.1 Å². The van der Waals surface area contributed by atoms with Crippen LogP contribution >= 0.6 is 0 Å². The molecule has 2 aromatic heterocycles. The zero-order valence-corrected chi connectivity index (χ0v) is 29.1. The molecule has 0 radical (unpaired) electrons. The van der Waals surface area contributed by atoms with Crippen LogP contribution in [-0.4, -0.2) is 9.13 Å². The zero-order chi connectivity index (χ0) is 38.7. The van der Waals surface area contributed by atoms with E-state index in [2.05, 4.69) is 21.6 Å². The van der Waals surface area contributed by atoms with Crippen LogP contribution < -0.4 is 0 Å². The van der Waals surface area contributed by atoms with Gasteiger partial charge in [-0.1, -0.05) is 66.7 Å². The number of rotatable bonds is 4. The van der Waals surface area contributed by atoms with Crippen molar-refractivity contribution in [1.29, 1.82) is 15.8 Å². The molecular weight excluding hydrogens is 706 g/mol. The molecule has 2 heterocycles. The number of halogens is 3. The smallest absolute Gasteiger partial charge is 0.309 e. The second kappa shape index (κ2) is 12.8. The Morgan fingerprint density at radius 2 is 0.964 bits per heavy atom. The number of hydrogen-bond donors (Lipinski definition) is 0. The summed E-state index contributed by atoms with van der Waals surface area (Å²) < 4.78 is 48.0. The molecule has 0 atom stereocenters. The second-order valence-electron chi connectivity index (χ2n) is 13.3. The zero-order valence-electron chi connectivity index (χ0n) is 29.1. The van der Waals surface area contributed by atoms with Gasteiger partial charge in [0, 0.05) is 27.3 Å². The van der Waals surface area contributed by atoms with E-state index >= 15 is 0 Å². The molecule has 9 aromatic rings. The van der Waals surface area contributed by atoms with Gasteiger partial charge in [-0.2, -0.15) is 29.0 Å². The third-order valence-corrected chi connectivity index (χ3v) is 10.2. The minimum Gasteiger partial charge on any atom is -0.309 e. The molecule has 7 aromatic carbocycles. The number of para-hydroxylation sites is 2. The summed E-state index contributed by atoms with van der Waals surface area (Å²) >= 11 is 0. The quantitative estimate of drug-likeness (QED) is 0.169. The minimum absolute atomic E-state index is 0.0869. The van der Waals surface area contributed by atoms with E-state index in [9.17, 15) is 29.0 Å². The molecule has 0 unspecified atom stereocenters. The normalized spacial score (nSPS) is 11.4. The van der Waals surface area contributed by atoms with Crippen LogP contribution in [0.15, 0.2) is 140 Å². The molecule has 0 spiro atoms. The van der Waals surface area contributed by atoms with Gasteiger partial charge in [0.1, 0.15) is 0 Å². The monoisotopic (exact) mass is 728 g/mol. The van der Waals surface area contributed by atoms with E-state index < -0.39 is 11.7 Å². The Morgan fingerprint density at radius 3 is 1.57 bits per heavy atom. The van der Waals surface area contributed by atoms with Crippen LogP contribution in [0.5, 0.6) is 0 Å². The number of benzene rings is 7. The van der Waals surface area contributed by atoms with E-state index in [4.69, 9.17) is 6.57 Å². The van der Waals surface area contributed by atoms with Crippen molar-refractivity contribution in [2.45, 2.75) is 6.18 Å². The molecule has 0 aliphatic heterocycles. The first-order valence-corrected chi connectivity index (χ1v) is 17.4. The molecule has 0 amide bonds. The van der Waals surface area contributed by atoms with Crippen molar-refractivity contribution in [3.05, 3.63) is 173 Å². The largest absolute Gasteiger partial charge is 0.417 e. The van der Waals surface area contributed by atoms with Crippen molar-refractivity contribution < 1.29 is 13.2 Å². The van der Waals surface area contributed by atoms with Gasteiger partial charge in [-0.05, 0) is 89.3 Å². The Labute approximate surface area is 317 Å². The standard InChI is InChI=1S/C47H23F3N6/c1-54-32-14-19-44-39(24-32)35-7-3-5-9-42(35)56(44)46-23-31(33-15-10-29(26-52)21-40(33)47(48,49)50)13-17-37(46)36-16-11-30(27-53)22-45(36)55-41-8-4-2-6-34(41)38-20-28(25-51)12-18-43(38)55/h2-24H. The van der Waals surface area contributed by atoms with E-state index in [0.717, 1.165) is 49.7 Å². The average molecular weight is 729 g/mol. The van der Waals surface area contributed by atoms with Gasteiger partial charge in [-0.25, -0.2) is 4.85 Å². The van der Waals surface area contributed by atoms with E-state index in [0.29, 0.717) is 39.3 Å². The van der Waals surface area contributed by atoms with Crippen LogP contribution in [0, 0.1) is 40.6 Å². The molecule has 0 saturated heterocycles. The molecule has 0 saturated carbocycles. The Morgan fingerprint density at radius 1 is 0.482 bits per heavy atom. The third kappa shape index (κ3) is 5.24.